The molecule has 1 heterocycles. The molecule has 0 bridgehead atoms. The third-order valence-corrected chi connectivity index (χ3v) is 3.12. The summed E-state index contributed by atoms with van der Waals surface area (Å²) in [5.41, 5.74) is 1.07. The van der Waals surface area contributed by atoms with E-state index in [1.165, 1.54) is 11.3 Å². The van der Waals surface area contributed by atoms with E-state index in [-0.39, 0.29) is 4.83 Å². The molecule has 0 aromatic carbocycles. The summed E-state index contributed by atoms with van der Waals surface area (Å²) in [7, 11) is 0. The van der Waals surface area contributed by atoms with E-state index >= 15 is 0 Å². The first-order chi connectivity index (χ1) is 4.61. The molecule has 1 aromatic rings. The molecule has 0 N–H and O–H groups in total. The maximum absolute atomic E-state index is 5.84. The van der Waals surface area contributed by atoms with E-state index in [0.29, 0.717) is 0 Å². The fourth-order valence-corrected chi connectivity index (χ4v) is 2.91. The summed E-state index contributed by atoms with van der Waals surface area (Å²) in [5, 5.41) is 0. The van der Waals surface area contributed by atoms with Crippen LogP contribution in [0, 0.1) is 0 Å². The summed E-state index contributed by atoms with van der Waals surface area (Å²) < 4.78 is 1.51. The van der Waals surface area contributed by atoms with Gasteiger partial charge in [0.05, 0.1) is 8.67 Å². The number of alkyl halides is 1. The molecule has 0 fully saturated rings. The smallest absolute Gasteiger partial charge is 0.0987 e. The van der Waals surface area contributed by atoms with Gasteiger partial charge in [-0.25, -0.2) is 0 Å². The standard InChI is InChI=1S/C6H5BrCl2S/c1-3(7)4-2-5(8)10-6(4)9/h2-3H,1H3. The average molecular weight is 260 g/mol. The summed E-state index contributed by atoms with van der Waals surface area (Å²) in [6.45, 7) is 2.02. The molecule has 0 spiro atoms. The Balaban J connectivity index is 3.03. The van der Waals surface area contributed by atoms with Crippen LogP contribution in [0.15, 0.2) is 6.07 Å². The van der Waals surface area contributed by atoms with Gasteiger partial charge in [-0.1, -0.05) is 39.1 Å². The third kappa shape index (κ3) is 1.88. The van der Waals surface area contributed by atoms with Crippen LogP contribution in [0.1, 0.15) is 17.3 Å². The quantitative estimate of drug-likeness (QED) is 0.651. The fraction of sp³-hybridized carbons (Fsp3) is 0.333. The predicted octanol–water partition coefficient (Wildman–Crippen LogP) is 4.51. The van der Waals surface area contributed by atoms with Crippen LogP contribution < -0.4 is 0 Å². The van der Waals surface area contributed by atoms with Gasteiger partial charge in [-0.05, 0) is 18.6 Å². The van der Waals surface area contributed by atoms with Gasteiger partial charge < -0.3 is 0 Å². The highest BCUT2D eigenvalue weighted by Crippen LogP contribution is 2.37. The molecule has 1 unspecified atom stereocenters. The highest BCUT2D eigenvalue weighted by atomic mass is 79.9. The Morgan fingerprint density at radius 2 is 2.20 bits per heavy atom. The molecule has 10 heavy (non-hydrogen) atoms. The Hall–Kier alpha value is 0.760. The minimum atomic E-state index is 0.281. The highest BCUT2D eigenvalue weighted by Gasteiger charge is 2.09. The SMILES string of the molecule is CC(Br)c1cc(Cl)sc1Cl. The minimum Gasteiger partial charge on any atom is -0.111 e. The van der Waals surface area contributed by atoms with Crippen molar-refractivity contribution < 1.29 is 0 Å². The van der Waals surface area contributed by atoms with Crippen molar-refractivity contribution in [2.75, 3.05) is 0 Å². The van der Waals surface area contributed by atoms with E-state index in [1.54, 1.807) is 0 Å². The molecule has 0 radical (unpaired) electrons. The lowest BCUT2D eigenvalue weighted by Gasteiger charge is -1.97. The zero-order chi connectivity index (χ0) is 7.72. The lowest BCUT2D eigenvalue weighted by Crippen LogP contribution is -1.77. The molecular weight excluding hydrogens is 255 g/mol. The second-order valence-electron chi connectivity index (χ2n) is 1.90. The molecule has 0 amide bonds. The molecule has 56 valence electrons. The van der Waals surface area contributed by atoms with Crippen LogP contribution >= 0.6 is 50.5 Å². The van der Waals surface area contributed by atoms with Crippen molar-refractivity contribution in [2.45, 2.75) is 11.8 Å². The summed E-state index contributed by atoms with van der Waals surface area (Å²) in [6, 6.07) is 1.88. The summed E-state index contributed by atoms with van der Waals surface area (Å²) in [4.78, 5) is 0.281. The predicted molar refractivity (Wildman–Crippen MR) is 51.7 cm³/mol. The van der Waals surface area contributed by atoms with Crippen LogP contribution in [0.2, 0.25) is 8.67 Å². The normalized spacial score (nSPS) is 13.6. The zero-order valence-electron chi connectivity index (χ0n) is 5.20. The monoisotopic (exact) mass is 258 g/mol. The van der Waals surface area contributed by atoms with Crippen LogP contribution in [-0.4, -0.2) is 0 Å². The van der Waals surface area contributed by atoms with E-state index in [0.717, 1.165) is 14.2 Å². The van der Waals surface area contributed by atoms with Gasteiger partial charge in [0.15, 0.2) is 0 Å². The summed E-state index contributed by atoms with van der Waals surface area (Å²) in [6.07, 6.45) is 0. The summed E-state index contributed by atoms with van der Waals surface area (Å²) in [5.74, 6) is 0. The molecule has 1 rings (SSSR count). The van der Waals surface area contributed by atoms with Gasteiger partial charge in [-0.3, -0.25) is 0 Å². The van der Waals surface area contributed by atoms with E-state index in [9.17, 15) is 0 Å². The van der Waals surface area contributed by atoms with Crippen LogP contribution in [0.25, 0.3) is 0 Å². The minimum absolute atomic E-state index is 0.281. The fourth-order valence-electron chi connectivity index (χ4n) is 0.624. The van der Waals surface area contributed by atoms with Crippen LogP contribution in [0.5, 0.6) is 0 Å². The lowest BCUT2D eigenvalue weighted by molar-refractivity contribution is 1.14. The Morgan fingerprint density at radius 3 is 2.40 bits per heavy atom. The van der Waals surface area contributed by atoms with Gasteiger partial charge in [0.25, 0.3) is 0 Å². The van der Waals surface area contributed by atoms with E-state index < -0.39 is 0 Å². The molecule has 0 saturated carbocycles. The maximum Gasteiger partial charge on any atom is 0.0987 e. The molecule has 0 aliphatic rings. The van der Waals surface area contributed by atoms with Gasteiger partial charge in [-0.2, -0.15) is 0 Å². The molecule has 0 saturated heterocycles. The first kappa shape index (κ1) is 8.85. The van der Waals surface area contributed by atoms with Crippen molar-refractivity contribution in [3.05, 3.63) is 20.3 Å². The van der Waals surface area contributed by atoms with Crippen molar-refractivity contribution in [3.63, 3.8) is 0 Å². The van der Waals surface area contributed by atoms with Crippen LogP contribution in [-0.2, 0) is 0 Å². The Kier molecular flexibility index (Phi) is 3.04. The van der Waals surface area contributed by atoms with Gasteiger partial charge >= 0.3 is 0 Å². The first-order valence-corrected chi connectivity index (χ1v) is 5.19. The van der Waals surface area contributed by atoms with E-state index in [2.05, 4.69) is 15.9 Å². The van der Waals surface area contributed by atoms with Crippen molar-refractivity contribution in [1.29, 1.82) is 0 Å². The molecule has 0 aliphatic heterocycles. The molecule has 0 nitrogen and oxygen atoms in total. The molecule has 0 aliphatic carbocycles. The van der Waals surface area contributed by atoms with Crippen LogP contribution in [0.3, 0.4) is 0 Å². The second-order valence-corrected chi connectivity index (χ2v) is 5.55. The maximum atomic E-state index is 5.84. The number of halogens is 3. The number of thiophene rings is 1. The number of hydrogen-bond acceptors (Lipinski definition) is 1. The topological polar surface area (TPSA) is 0 Å². The second kappa shape index (κ2) is 3.44. The van der Waals surface area contributed by atoms with Crippen LogP contribution in [0.4, 0.5) is 0 Å². The van der Waals surface area contributed by atoms with Gasteiger partial charge in [0, 0.05) is 4.83 Å². The van der Waals surface area contributed by atoms with Crippen molar-refractivity contribution in [3.8, 4) is 0 Å². The molecule has 1 aromatic heterocycles. The van der Waals surface area contributed by atoms with Crippen molar-refractivity contribution >= 4 is 50.5 Å². The highest BCUT2D eigenvalue weighted by molar-refractivity contribution is 9.09. The van der Waals surface area contributed by atoms with Gasteiger partial charge in [0.1, 0.15) is 0 Å². The first-order valence-electron chi connectivity index (χ1n) is 2.70. The lowest BCUT2D eigenvalue weighted by atomic mass is 10.3. The number of hydrogen-bond donors (Lipinski definition) is 0. The van der Waals surface area contributed by atoms with Crippen molar-refractivity contribution in [1.82, 2.24) is 0 Å². The van der Waals surface area contributed by atoms with E-state index in [4.69, 9.17) is 23.2 Å². The Bertz CT molecular complexity index is 232. The van der Waals surface area contributed by atoms with Crippen molar-refractivity contribution in [2.24, 2.45) is 0 Å². The average Bonchev–Trinajstić information content (AvgIpc) is 2.10. The molecule has 1 atom stereocenters. The van der Waals surface area contributed by atoms with Gasteiger partial charge in [-0.15, -0.1) is 11.3 Å². The number of rotatable bonds is 1. The Labute approximate surface area is 82.3 Å². The Morgan fingerprint density at radius 1 is 1.60 bits per heavy atom. The summed E-state index contributed by atoms with van der Waals surface area (Å²) >= 11 is 16.4. The largest absolute Gasteiger partial charge is 0.111 e. The molecular formula is C6H5BrCl2S. The molecule has 4 heteroatoms. The zero-order valence-corrected chi connectivity index (χ0v) is 9.11. The van der Waals surface area contributed by atoms with E-state index in [1.807, 2.05) is 13.0 Å². The third-order valence-electron chi connectivity index (χ3n) is 1.11. The van der Waals surface area contributed by atoms with Gasteiger partial charge in [0.2, 0.25) is 0 Å².